The van der Waals surface area contributed by atoms with Gasteiger partial charge in [0.25, 0.3) is 0 Å². The van der Waals surface area contributed by atoms with E-state index in [0.717, 1.165) is 0 Å². The fourth-order valence-corrected chi connectivity index (χ4v) is 3.06. The van der Waals surface area contributed by atoms with Gasteiger partial charge in [0, 0.05) is 25.1 Å². The molecule has 8 heteroatoms. The number of hydrogen-bond donors (Lipinski definition) is 2. The highest BCUT2D eigenvalue weighted by atomic mass is 32.2. The molecule has 0 saturated carbocycles. The molecule has 0 aliphatic heterocycles. The topological polar surface area (TPSA) is 93.1 Å². The highest BCUT2D eigenvalue weighted by Crippen LogP contribution is 2.13. The molecular formula is C15H20N4O3S. The van der Waals surface area contributed by atoms with Crippen molar-refractivity contribution in [2.75, 3.05) is 11.9 Å². The summed E-state index contributed by atoms with van der Waals surface area (Å²) in [6, 6.07) is 9.86. The van der Waals surface area contributed by atoms with Crippen LogP contribution in [0.4, 0.5) is 5.82 Å². The number of amides is 1. The molecule has 1 heterocycles. The minimum Gasteiger partial charge on any atom is -0.311 e. The third-order valence-electron chi connectivity index (χ3n) is 3.12. The molecule has 7 nitrogen and oxygen atoms in total. The van der Waals surface area contributed by atoms with Crippen LogP contribution in [0.2, 0.25) is 0 Å². The number of carbonyl (C=O) groups is 1. The maximum absolute atomic E-state index is 12.0. The highest BCUT2D eigenvalue weighted by Gasteiger charge is 2.14. The van der Waals surface area contributed by atoms with Crippen LogP contribution in [-0.2, 0) is 14.8 Å². The average Bonchev–Trinajstić information content (AvgIpc) is 2.96. The lowest BCUT2D eigenvalue weighted by Gasteiger charge is -2.12. The Hall–Kier alpha value is -2.19. The quantitative estimate of drug-likeness (QED) is 0.806. The van der Waals surface area contributed by atoms with E-state index < -0.39 is 10.0 Å². The van der Waals surface area contributed by atoms with E-state index in [-0.39, 0.29) is 29.8 Å². The summed E-state index contributed by atoms with van der Waals surface area (Å²) in [5.41, 5.74) is 0. The van der Waals surface area contributed by atoms with Gasteiger partial charge in [-0.15, -0.1) is 0 Å². The van der Waals surface area contributed by atoms with Crippen LogP contribution in [0.25, 0.3) is 0 Å². The van der Waals surface area contributed by atoms with Gasteiger partial charge in [0.05, 0.1) is 11.1 Å². The van der Waals surface area contributed by atoms with Gasteiger partial charge in [-0.1, -0.05) is 18.2 Å². The summed E-state index contributed by atoms with van der Waals surface area (Å²) in [5.74, 6) is 0.319. The van der Waals surface area contributed by atoms with Gasteiger partial charge < -0.3 is 5.32 Å². The van der Waals surface area contributed by atoms with Gasteiger partial charge in [0.1, 0.15) is 5.82 Å². The molecule has 1 aromatic heterocycles. The zero-order chi connectivity index (χ0) is 16.9. The summed E-state index contributed by atoms with van der Waals surface area (Å²) in [6.07, 6.45) is 1.64. The normalized spacial score (nSPS) is 11.6. The maximum Gasteiger partial charge on any atom is 0.240 e. The molecule has 0 spiro atoms. The standard InChI is InChI=1S/C15H20N4O3S/c1-12(2)19-14(8-10-16-19)18-15(20)9-11-17-23(21,22)13-6-4-3-5-7-13/h3-8,10,12,17H,9,11H2,1-2H3,(H,18,20). The summed E-state index contributed by atoms with van der Waals surface area (Å²) in [7, 11) is -3.59. The van der Waals surface area contributed by atoms with E-state index in [4.69, 9.17) is 0 Å². The Kier molecular flexibility index (Phi) is 5.51. The second kappa shape index (κ2) is 7.38. The van der Waals surface area contributed by atoms with Gasteiger partial charge in [0.2, 0.25) is 15.9 Å². The van der Waals surface area contributed by atoms with Crippen LogP contribution in [-0.4, -0.2) is 30.7 Å². The largest absolute Gasteiger partial charge is 0.311 e. The second-order valence-electron chi connectivity index (χ2n) is 5.26. The van der Waals surface area contributed by atoms with Crippen LogP contribution in [0, 0.1) is 0 Å². The van der Waals surface area contributed by atoms with Gasteiger partial charge in [-0.3, -0.25) is 4.79 Å². The fraction of sp³-hybridized carbons (Fsp3) is 0.333. The van der Waals surface area contributed by atoms with Crippen LogP contribution >= 0.6 is 0 Å². The molecule has 1 amide bonds. The van der Waals surface area contributed by atoms with Crippen molar-refractivity contribution >= 4 is 21.7 Å². The van der Waals surface area contributed by atoms with Gasteiger partial charge in [-0.25, -0.2) is 17.8 Å². The van der Waals surface area contributed by atoms with Crippen molar-refractivity contribution in [1.82, 2.24) is 14.5 Å². The minimum absolute atomic E-state index is 0.0267. The monoisotopic (exact) mass is 336 g/mol. The van der Waals surface area contributed by atoms with Gasteiger partial charge >= 0.3 is 0 Å². The van der Waals surface area contributed by atoms with Gasteiger partial charge in [0.15, 0.2) is 0 Å². The van der Waals surface area contributed by atoms with Crippen LogP contribution in [0.15, 0.2) is 47.5 Å². The number of nitrogens with zero attached hydrogens (tertiary/aromatic N) is 2. The average molecular weight is 336 g/mol. The van der Waals surface area contributed by atoms with Crippen molar-refractivity contribution in [2.45, 2.75) is 31.2 Å². The number of hydrogen-bond acceptors (Lipinski definition) is 4. The molecular weight excluding hydrogens is 316 g/mol. The molecule has 0 bridgehead atoms. The molecule has 2 N–H and O–H groups in total. The van der Waals surface area contributed by atoms with E-state index in [1.807, 2.05) is 13.8 Å². The third-order valence-corrected chi connectivity index (χ3v) is 4.60. The number of sulfonamides is 1. The van der Waals surface area contributed by atoms with Crippen LogP contribution < -0.4 is 10.0 Å². The lowest BCUT2D eigenvalue weighted by Crippen LogP contribution is -2.28. The number of carbonyl (C=O) groups excluding carboxylic acids is 1. The zero-order valence-corrected chi connectivity index (χ0v) is 13.9. The van der Waals surface area contributed by atoms with E-state index >= 15 is 0 Å². The number of nitrogens with one attached hydrogen (secondary N) is 2. The molecule has 1 aromatic carbocycles. The summed E-state index contributed by atoms with van der Waals surface area (Å²) in [5, 5.41) is 6.84. The first kappa shape index (κ1) is 17.2. The SMILES string of the molecule is CC(C)n1nccc1NC(=O)CCNS(=O)(=O)c1ccccc1. The predicted octanol–water partition coefficient (Wildman–Crippen LogP) is 1.77. The van der Waals surface area contributed by atoms with Crippen molar-refractivity contribution in [2.24, 2.45) is 0 Å². The second-order valence-corrected chi connectivity index (χ2v) is 7.03. The molecule has 0 fully saturated rings. The minimum atomic E-state index is -3.59. The Morgan fingerprint density at radius 3 is 2.57 bits per heavy atom. The van der Waals surface area contributed by atoms with E-state index in [9.17, 15) is 13.2 Å². The van der Waals surface area contributed by atoms with Crippen LogP contribution in [0.1, 0.15) is 26.3 Å². The van der Waals surface area contributed by atoms with Crippen molar-refractivity contribution in [3.63, 3.8) is 0 Å². The fourth-order valence-electron chi connectivity index (χ4n) is 2.01. The van der Waals surface area contributed by atoms with E-state index in [1.54, 1.807) is 35.1 Å². The Bertz CT molecular complexity index is 754. The van der Waals surface area contributed by atoms with Crippen LogP contribution in [0.5, 0.6) is 0 Å². The number of benzene rings is 1. The van der Waals surface area contributed by atoms with Crippen molar-refractivity contribution in [3.05, 3.63) is 42.6 Å². The summed E-state index contributed by atoms with van der Waals surface area (Å²) >= 11 is 0. The Balaban J connectivity index is 1.87. The first-order valence-electron chi connectivity index (χ1n) is 7.28. The molecule has 2 rings (SSSR count). The van der Waals surface area contributed by atoms with Crippen molar-refractivity contribution in [1.29, 1.82) is 0 Å². The Morgan fingerprint density at radius 1 is 1.22 bits per heavy atom. The molecule has 0 aliphatic rings. The van der Waals surface area contributed by atoms with Crippen LogP contribution in [0.3, 0.4) is 0 Å². The Labute approximate surface area is 135 Å². The smallest absolute Gasteiger partial charge is 0.240 e. The van der Waals surface area contributed by atoms with E-state index in [2.05, 4.69) is 15.1 Å². The third kappa shape index (κ3) is 4.64. The number of aromatic nitrogens is 2. The molecule has 0 aliphatic carbocycles. The number of rotatable bonds is 7. The van der Waals surface area contributed by atoms with E-state index in [1.165, 1.54) is 12.1 Å². The zero-order valence-electron chi connectivity index (χ0n) is 13.1. The predicted molar refractivity (Wildman–Crippen MR) is 87.5 cm³/mol. The van der Waals surface area contributed by atoms with Crippen molar-refractivity contribution < 1.29 is 13.2 Å². The Morgan fingerprint density at radius 2 is 1.91 bits per heavy atom. The van der Waals surface area contributed by atoms with E-state index in [0.29, 0.717) is 5.82 Å². The summed E-state index contributed by atoms with van der Waals surface area (Å²) in [6.45, 7) is 3.94. The summed E-state index contributed by atoms with van der Waals surface area (Å²) in [4.78, 5) is 12.1. The molecule has 23 heavy (non-hydrogen) atoms. The number of anilines is 1. The maximum atomic E-state index is 12.0. The molecule has 124 valence electrons. The lowest BCUT2D eigenvalue weighted by atomic mass is 10.4. The molecule has 0 atom stereocenters. The first-order chi connectivity index (χ1) is 10.9. The molecule has 0 unspecified atom stereocenters. The molecule has 2 aromatic rings. The van der Waals surface area contributed by atoms with Gasteiger partial charge in [-0.2, -0.15) is 5.10 Å². The highest BCUT2D eigenvalue weighted by molar-refractivity contribution is 7.89. The summed E-state index contributed by atoms with van der Waals surface area (Å²) < 4.78 is 28.1. The first-order valence-corrected chi connectivity index (χ1v) is 8.76. The molecule has 0 radical (unpaired) electrons. The van der Waals surface area contributed by atoms with Gasteiger partial charge in [-0.05, 0) is 26.0 Å². The molecule has 0 saturated heterocycles. The van der Waals surface area contributed by atoms with Crippen molar-refractivity contribution in [3.8, 4) is 0 Å². The lowest BCUT2D eigenvalue weighted by molar-refractivity contribution is -0.116.